The van der Waals surface area contributed by atoms with Crippen LogP contribution >= 0.6 is 0 Å². The van der Waals surface area contributed by atoms with Crippen LogP contribution in [0.5, 0.6) is 0 Å². The van der Waals surface area contributed by atoms with Gasteiger partial charge < -0.3 is 9.64 Å². The van der Waals surface area contributed by atoms with Gasteiger partial charge in [-0.3, -0.25) is 14.9 Å². The van der Waals surface area contributed by atoms with E-state index in [1.807, 2.05) is 30.3 Å². The molecule has 0 unspecified atom stereocenters. The van der Waals surface area contributed by atoms with E-state index >= 15 is 0 Å². The van der Waals surface area contributed by atoms with E-state index in [9.17, 15) is 9.59 Å². The molecule has 2 heterocycles. The standard InChI is InChI=1S/C18H23N3O3/c1-2-24-17(23)14-15(13-9-5-3-6-10-13)19-18(20-16(14)22)21-11-7-4-8-12-21/h3,5-6,9-10,14-15H,2,4,7-8,11-12H2,1H3,(H,19,20,22)/t14-,15-/m1/s1. The molecule has 3 rings (SSSR count). The molecule has 0 saturated carbocycles. The van der Waals surface area contributed by atoms with Crippen molar-refractivity contribution in [3.05, 3.63) is 35.9 Å². The van der Waals surface area contributed by atoms with E-state index in [1.54, 1.807) is 6.92 Å². The highest BCUT2D eigenvalue weighted by molar-refractivity contribution is 6.08. The topological polar surface area (TPSA) is 71.0 Å². The van der Waals surface area contributed by atoms with Crippen LogP contribution in [-0.4, -0.2) is 42.4 Å². The Hall–Kier alpha value is -2.37. The van der Waals surface area contributed by atoms with Gasteiger partial charge in [-0.05, 0) is 31.7 Å². The average Bonchev–Trinajstić information content (AvgIpc) is 2.62. The lowest BCUT2D eigenvalue weighted by atomic mass is 9.91. The van der Waals surface area contributed by atoms with Gasteiger partial charge in [0.2, 0.25) is 11.9 Å². The van der Waals surface area contributed by atoms with Crippen molar-refractivity contribution in [1.82, 2.24) is 10.2 Å². The third-order valence-corrected chi connectivity index (χ3v) is 4.43. The second-order valence-electron chi connectivity index (χ2n) is 6.07. The molecule has 128 valence electrons. The highest BCUT2D eigenvalue weighted by Gasteiger charge is 2.41. The van der Waals surface area contributed by atoms with Gasteiger partial charge in [-0.2, -0.15) is 0 Å². The van der Waals surface area contributed by atoms with Crippen molar-refractivity contribution < 1.29 is 14.3 Å². The predicted molar refractivity (Wildman–Crippen MR) is 90.3 cm³/mol. The number of benzene rings is 1. The van der Waals surface area contributed by atoms with E-state index in [1.165, 1.54) is 6.42 Å². The molecule has 0 spiro atoms. The number of likely N-dealkylation sites (tertiary alicyclic amines) is 1. The van der Waals surface area contributed by atoms with Gasteiger partial charge in [0, 0.05) is 13.1 Å². The zero-order valence-electron chi connectivity index (χ0n) is 13.9. The molecule has 1 aromatic rings. The number of ether oxygens (including phenoxy) is 1. The maximum Gasteiger partial charge on any atom is 0.321 e. The van der Waals surface area contributed by atoms with Crippen LogP contribution in [0.25, 0.3) is 0 Å². The summed E-state index contributed by atoms with van der Waals surface area (Å²) in [6, 6.07) is 8.93. The minimum absolute atomic E-state index is 0.243. The third kappa shape index (κ3) is 3.42. The van der Waals surface area contributed by atoms with E-state index in [0.29, 0.717) is 5.96 Å². The number of nitrogens with one attached hydrogen (secondary N) is 1. The van der Waals surface area contributed by atoms with Crippen LogP contribution in [0.15, 0.2) is 35.3 Å². The molecule has 2 aliphatic heterocycles. The fourth-order valence-corrected chi connectivity index (χ4v) is 3.22. The summed E-state index contributed by atoms with van der Waals surface area (Å²) in [4.78, 5) is 31.8. The maximum absolute atomic E-state index is 12.6. The van der Waals surface area contributed by atoms with Gasteiger partial charge >= 0.3 is 5.97 Å². The van der Waals surface area contributed by atoms with Gasteiger partial charge in [-0.25, -0.2) is 4.99 Å². The third-order valence-electron chi connectivity index (χ3n) is 4.43. The SMILES string of the molecule is CCOC(=O)[C@H]1C(=O)NC(N2CCCCC2)=N[C@@H]1c1ccccc1. The summed E-state index contributed by atoms with van der Waals surface area (Å²) in [6.07, 6.45) is 3.38. The molecule has 1 aromatic carbocycles. The largest absolute Gasteiger partial charge is 0.465 e. The van der Waals surface area contributed by atoms with Crippen molar-refractivity contribution in [3.8, 4) is 0 Å². The number of guanidine groups is 1. The minimum Gasteiger partial charge on any atom is -0.465 e. The van der Waals surface area contributed by atoms with Crippen molar-refractivity contribution in [2.75, 3.05) is 19.7 Å². The first-order valence-electron chi connectivity index (χ1n) is 8.56. The number of hydrogen-bond donors (Lipinski definition) is 1. The first-order valence-corrected chi connectivity index (χ1v) is 8.56. The summed E-state index contributed by atoms with van der Waals surface area (Å²) >= 11 is 0. The maximum atomic E-state index is 12.6. The van der Waals surface area contributed by atoms with Crippen LogP contribution < -0.4 is 5.32 Å². The van der Waals surface area contributed by atoms with E-state index in [-0.39, 0.29) is 12.5 Å². The monoisotopic (exact) mass is 329 g/mol. The van der Waals surface area contributed by atoms with Crippen LogP contribution in [0.3, 0.4) is 0 Å². The molecule has 0 radical (unpaired) electrons. The van der Waals surface area contributed by atoms with Crippen molar-refractivity contribution in [1.29, 1.82) is 0 Å². The summed E-state index contributed by atoms with van der Waals surface area (Å²) in [7, 11) is 0. The summed E-state index contributed by atoms with van der Waals surface area (Å²) in [5.41, 5.74) is 0.847. The van der Waals surface area contributed by atoms with E-state index in [2.05, 4.69) is 10.2 Å². The molecule has 1 N–H and O–H groups in total. The fraction of sp³-hybridized carbons (Fsp3) is 0.500. The van der Waals surface area contributed by atoms with E-state index in [4.69, 9.17) is 9.73 Å². The van der Waals surface area contributed by atoms with Crippen molar-refractivity contribution in [2.24, 2.45) is 10.9 Å². The molecular weight excluding hydrogens is 306 g/mol. The van der Waals surface area contributed by atoms with Crippen LogP contribution in [0.4, 0.5) is 0 Å². The number of hydrogen-bond acceptors (Lipinski definition) is 5. The van der Waals surface area contributed by atoms with Gasteiger partial charge in [-0.15, -0.1) is 0 Å². The van der Waals surface area contributed by atoms with E-state index < -0.39 is 17.9 Å². The summed E-state index contributed by atoms with van der Waals surface area (Å²) in [5, 5.41) is 2.81. The molecule has 24 heavy (non-hydrogen) atoms. The molecule has 0 aliphatic carbocycles. The number of nitrogens with zero attached hydrogens (tertiary/aromatic N) is 2. The van der Waals surface area contributed by atoms with E-state index in [0.717, 1.165) is 31.5 Å². The van der Waals surface area contributed by atoms with Crippen LogP contribution in [-0.2, 0) is 14.3 Å². The Kier molecular flexibility index (Phi) is 5.13. The molecule has 2 atom stereocenters. The lowest BCUT2D eigenvalue weighted by Crippen LogP contribution is -2.53. The van der Waals surface area contributed by atoms with Crippen molar-refractivity contribution >= 4 is 17.8 Å². The van der Waals surface area contributed by atoms with Crippen LogP contribution in [0, 0.1) is 5.92 Å². The molecule has 1 amide bonds. The average molecular weight is 329 g/mol. The minimum atomic E-state index is -0.944. The quantitative estimate of drug-likeness (QED) is 0.679. The van der Waals surface area contributed by atoms with Gasteiger partial charge in [0.25, 0.3) is 0 Å². The molecule has 0 aromatic heterocycles. The lowest BCUT2D eigenvalue weighted by molar-refractivity contribution is -0.153. The Morgan fingerprint density at radius 2 is 1.96 bits per heavy atom. The molecule has 0 bridgehead atoms. The second-order valence-corrected chi connectivity index (χ2v) is 6.07. The summed E-state index contributed by atoms with van der Waals surface area (Å²) < 4.78 is 5.10. The first kappa shape index (κ1) is 16.5. The number of piperidine rings is 1. The molecule has 1 saturated heterocycles. The highest BCUT2D eigenvalue weighted by Crippen LogP contribution is 2.31. The Labute approximate surface area is 141 Å². The zero-order chi connectivity index (χ0) is 16.9. The van der Waals surface area contributed by atoms with Gasteiger partial charge in [0.1, 0.15) is 6.04 Å². The molecule has 1 fully saturated rings. The number of carbonyl (C=O) groups is 2. The highest BCUT2D eigenvalue weighted by atomic mass is 16.5. The second kappa shape index (κ2) is 7.47. The summed E-state index contributed by atoms with van der Waals surface area (Å²) in [5.74, 6) is -1.22. The first-order chi connectivity index (χ1) is 11.7. The number of carbonyl (C=O) groups excluding carboxylic acids is 2. The Morgan fingerprint density at radius 3 is 2.62 bits per heavy atom. The molecular formula is C18H23N3O3. The molecule has 2 aliphatic rings. The Balaban J connectivity index is 1.94. The number of amides is 1. The van der Waals surface area contributed by atoms with Crippen LogP contribution in [0.1, 0.15) is 37.8 Å². The predicted octanol–water partition coefficient (Wildman–Crippen LogP) is 1.88. The lowest BCUT2D eigenvalue weighted by Gasteiger charge is -2.35. The fourth-order valence-electron chi connectivity index (χ4n) is 3.22. The number of esters is 1. The normalized spacial score (nSPS) is 24.1. The Morgan fingerprint density at radius 1 is 1.25 bits per heavy atom. The smallest absolute Gasteiger partial charge is 0.321 e. The molecule has 6 heteroatoms. The van der Waals surface area contributed by atoms with Gasteiger partial charge in [-0.1, -0.05) is 30.3 Å². The summed E-state index contributed by atoms with van der Waals surface area (Å²) in [6.45, 7) is 3.74. The van der Waals surface area contributed by atoms with Crippen molar-refractivity contribution in [3.63, 3.8) is 0 Å². The molecule has 6 nitrogen and oxygen atoms in total. The number of aliphatic imine (C=N–C) groups is 1. The van der Waals surface area contributed by atoms with Crippen molar-refractivity contribution in [2.45, 2.75) is 32.2 Å². The van der Waals surface area contributed by atoms with Crippen LogP contribution in [0.2, 0.25) is 0 Å². The zero-order valence-corrected chi connectivity index (χ0v) is 13.9. The number of rotatable bonds is 3. The van der Waals surface area contributed by atoms with Gasteiger partial charge in [0.05, 0.1) is 6.61 Å². The Bertz CT molecular complexity index is 624. The van der Waals surface area contributed by atoms with Gasteiger partial charge in [0.15, 0.2) is 5.92 Å².